The monoisotopic (exact) mass is 292 g/mol. The quantitative estimate of drug-likeness (QED) is 0.490. The summed E-state index contributed by atoms with van der Waals surface area (Å²) < 4.78 is 0. The van der Waals surface area contributed by atoms with Crippen molar-refractivity contribution in [1.29, 1.82) is 0 Å². The zero-order chi connectivity index (χ0) is 14.7. The van der Waals surface area contributed by atoms with Gasteiger partial charge in [0.1, 0.15) is 0 Å². The lowest BCUT2D eigenvalue weighted by Gasteiger charge is -2.04. The number of rotatable bonds is 4. The topological polar surface area (TPSA) is 17.1 Å². The van der Waals surface area contributed by atoms with Crippen LogP contribution in [0.4, 0.5) is 0 Å². The van der Waals surface area contributed by atoms with E-state index in [0.717, 1.165) is 15.8 Å². The molecule has 0 amide bonds. The van der Waals surface area contributed by atoms with Gasteiger partial charge in [-0.3, -0.25) is 4.79 Å². The van der Waals surface area contributed by atoms with Crippen LogP contribution in [-0.4, -0.2) is 11.5 Å². The van der Waals surface area contributed by atoms with E-state index in [1.807, 2.05) is 36.4 Å². The first-order valence-electron chi connectivity index (χ1n) is 6.94. The summed E-state index contributed by atoms with van der Waals surface area (Å²) in [6.07, 6.45) is 0. The molecular weight excluding hydrogens is 276 g/mol. The number of thioether (sulfide) groups is 1. The van der Waals surface area contributed by atoms with Crippen LogP contribution >= 0.6 is 11.8 Å². The van der Waals surface area contributed by atoms with Crippen molar-refractivity contribution in [1.82, 2.24) is 0 Å². The van der Waals surface area contributed by atoms with Crippen molar-refractivity contribution in [3.8, 4) is 0 Å². The predicted octanol–water partition coefficient (Wildman–Crippen LogP) is 5.12. The Hall–Kier alpha value is -2.06. The first-order chi connectivity index (χ1) is 10.2. The zero-order valence-corrected chi connectivity index (χ0v) is 12.7. The standard InChI is InChI=1S/C19H16OS/c1-14-6-10-18(11-7-14)21-13-19(20)17-9-8-15-4-2-3-5-16(15)12-17/h2-12H,13H2,1H3. The number of carbonyl (C=O) groups excluding carboxylic acids is 1. The second-order valence-electron chi connectivity index (χ2n) is 5.09. The molecule has 0 spiro atoms. The van der Waals surface area contributed by atoms with Gasteiger partial charge < -0.3 is 0 Å². The number of aryl methyl sites for hydroxylation is 1. The van der Waals surface area contributed by atoms with E-state index in [2.05, 4.69) is 37.3 Å². The van der Waals surface area contributed by atoms with Crippen LogP contribution in [0.15, 0.2) is 71.6 Å². The van der Waals surface area contributed by atoms with Crippen LogP contribution in [0.2, 0.25) is 0 Å². The molecule has 0 bridgehead atoms. The van der Waals surface area contributed by atoms with Gasteiger partial charge >= 0.3 is 0 Å². The van der Waals surface area contributed by atoms with Crippen molar-refractivity contribution in [2.45, 2.75) is 11.8 Å². The molecule has 3 aromatic rings. The van der Waals surface area contributed by atoms with E-state index in [9.17, 15) is 4.79 Å². The van der Waals surface area contributed by atoms with E-state index in [0.29, 0.717) is 5.75 Å². The van der Waals surface area contributed by atoms with E-state index in [-0.39, 0.29) is 5.78 Å². The van der Waals surface area contributed by atoms with E-state index < -0.39 is 0 Å². The van der Waals surface area contributed by atoms with Gasteiger partial charge in [-0.2, -0.15) is 0 Å². The molecule has 0 aliphatic rings. The van der Waals surface area contributed by atoms with Gasteiger partial charge in [0.25, 0.3) is 0 Å². The number of hydrogen-bond donors (Lipinski definition) is 0. The zero-order valence-electron chi connectivity index (χ0n) is 11.9. The second kappa shape index (κ2) is 6.15. The van der Waals surface area contributed by atoms with Gasteiger partial charge in [-0.25, -0.2) is 0 Å². The molecule has 21 heavy (non-hydrogen) atoms. The van der Waals surface area contributed by atoms with E-state index in [1.54, 1.807) is 11.8 Å². The van der Waals surface area contributed by atoms with Crippen LogP contribution in [0.25, 0.3) is 10.8 Å². The summed E-state index contributed by atoms with van der Waals surface area (Å²) in [6.45, 7) is 2.06. The summed E-state index contributed by atoms with van der Waals surface area (Å²) in [6, 6.07) is 22.3. The Bertz CT molecular complexity index is 775. The van der Waals surface area contributed by atoms with Crippen LogP contribution in [-0.2, 0) is 0 Å². The molecule has 0 atom stereocenters. The highest BCUT2D eigenvalue weighted by atomic mass is 32.2. The van der Waals surface area contributed by atoms with Crippen molar-refractivity contribution in [3.63, 3.8) is 0 Å². The summed E-state index contributed by atoms with van der Waals surface area (Å²) in [5, 5.41) is 2.28. The second-order valence-corrected chi connectivity index (χ2v) is 6.14. The number of hydrogen-bond acceptors (Lipinski definition) is 2. The highest BCUT2D eigenvalue weighted by Gasteiger charge is 2.07. The minimum Gasteiger partial charge on any atom is -0.293 e. The van der Waals surface area contributed by atoms with Gasteiger partial charge in [-0.15, -0.1) is 11.8 Å². The summed E-state index contributed by atoms with van der Waals surface area (Å²) in [7, 11) is 0. The summed E-state index contributed by atoms with van der Waals surface area (Å²) in [4.78, 5) is 13.4. The van der Waals surface area contributed by atoms with Crippen molar-refractivity contribution in [2.75, 3.05) is 5.75 Å². The Morgan fingerprint density at radius 3 is 2.38 bits per heavy atom. The molecular formula is C19H16OS. The van der Waals surface area contributed by atoms with Crippen molar-refractivity contribution in [2.24, 2.45) is 0 Å². The molecule has 0 radical (unpaired) electrons. The van der Waals surface area contributed by atoms with Crippen molar-refractivity contribution >= 4 is 28.3 Å². The maximum absolute atomic E-state index is 12.3. The molecule has 0 saturated carbocycles. The van der Waals surface area contributed by atoms with Crippen LogP contribution in [0.1, 0.15) is 15.9 Å². The molecule has 0 N–H and O–H groups in total. The Kier molecular flexibility index (Phi) is 4.07. The average molecular weight is 292 g/mol. The highest BCUT2D eigenvalue weighted by molar-refractivity contribution is 8.00. The molecule has 0 aliphatic heterocycles. The Morgan fingerprint density at radius 1 is 0.905 bits per heavy atom. The van der Waals surface area contributed by atoms with Crippen LogP contribution in [0, 0.1) is 6.92 Å². The van der Waals surface area contributed by atoms with Gasteiger partial charge in [-0.1, -0.05) is 54.1 Å². The maximum atomic E-state index is 12.3. The van der Waals surface area contributed by atoms with Crippen LogP contribution < -0.4 is 0 Å². The highest BCUT2D eigenvalue weighted by Crippen LogP contribution is 2.21. The number of fused-ring (bicyclic) bond motifs is 1. The van der Waals surface area contributed by atoms with Crippen LogP contribution in [0.5, 0.6) is 0 Å². The van der Waals surface area contributed by atoms with E-state index in [4.69, 9.17) is 0 Å². The van der Waals surface area contributed by atoms with Crippen molar-refractivity contribution in [3.05, 3.63) is 77.9 Å². The normalized spacial score (nSPS) is 10.7. The summed E-state index contributed by atoms with van der Waals surface area (Å²) >= 11 is 1.59. The number of ketones is 1. The number of Topliss-reactive ketones (excluding diaryl/α,β-unsaturated/α-hetero) is 1. The van der Waals surface area contributed by atoms with Crippen LogP contribution in [0.3, 0.4) is 0 Å². The lowest BCUT2D eigenvalue weighted by atomic mass is 10.1. The Labute approximate surface area is 129 Å². The molecule has 1 nitrogen and oxygen atoms in total. The smallest absolute Gasteiger partial charge is 0.173 e. The van der Waals surface area contributed by atoms with Gasteiger partial charge in [-0.05, 0) is 35.9 Å². The molecule has 3 aromatic carbocycles. The van der Waals surface area contributed by atoms with E-state index >= 15 is 0 Å². The molecule has 2 heteroatoms. The fourth-order valence-electron chi connectivity index (χ4n) is 2.23. The molecule has 0 heterocycles. The molecule has 0 aliphatic carbocycles. The van der Waals surface area contributed by atoms with Gasteiger partial charge in [0.05, 0.1) is 5.75 Å². The van der Waals surface area contributed by atoms with Gasteiger partial charge in [0.2, 0.25) is 0 Å². The third kappa shape index (κ3) is 3.34. The lowest BCUT2D eigenvalue weighted by Crippen LogP contribution is -2.02. The third-order valence-corrected chi connectivity index (χ3v) is 4.47. The molecule has 0 aromatic heterocycles. The molecule has 3 rings (SSSR count). The lowest BCUT2D eigenvalue weighted by molar-refractivity contribution is 0.102. The average Bonchev–Trinajstić information content (AvgIpc) is 2.53. The Balaban J connectivity index is 1.73. The maximum Gasteiger partial charge on any atom is 0.173 e. The van der Waals surface area contributed by atoms with Crippen molar-refractivity contribution < 1.29 is 4.79 Å². The van der Waals surface area contributed by atoms with Gasteiger partial charge in [0.15, 0.2) is 5.78 Å². The summed E-state index contributed by atoms with van der Waals surface area (Å²) in [5.41, 5.74) is 2.02. The largest absolute Gasteiger partial charge is 0.293 e. The fourth-order valence-corrected chi connectivity index (χ4v) is 3.02. The Morgan fingerprint density at radius 2 is 1.62 bits per heavy atom. The number of carbonyl (C=O) groups is 1. The first kappa shape index (κ1) is 13.9. The van der Waals surface area contributed by atoms with E-state index in [1.165, 1.54) is 10.9 Å². The molecule has 104 valence electrons. The first-order valence-corrected chi connectivity index (χ1v) is 7.92. The predicted molar refractivity (Wildman–Crippen MR) is 90.2 cm³/mol. The minimum absolute atomic E-state index is 0.173. The molecule has 0 unspecified atom stereocenters. The molecule has 0 saturated heterocycles. The SMILES string of the molecule is Cc1ccc(SCC(=O)c2ccc3ccccc3c2)cc1. The molecule has 0 fully saturated rings. The fraction of sp³-hybridized carbons (Fsp3) is 0.105. The minimum atomic E-state index is 0.173. The summed E-state index contributed by atoms with van der Waals surface area (Å²) in [5.74, 6) is 0.646. The number of benzene rings is 3. The van der Waals surface area contributed by atoms with Gasteiger partial charge in [0, 0.05) is 10.5 Å². The third-order valence-electron chi connectivity index (χ3n) is 3.46.